The highest BCUT2D eigenvalue weighted by Gasteiger charge is 2.15. The lowest BCUT2D eigenvalue weighted by Gasteiger charge is -2.13. The van der Waals surface area contributed by atoms with Crippen molar-refractivity contribution in [1.82, 2.24) is 10.6 Å². The Bertz CT molecular complexity index is 560. The third-order valence-electron chi connectivity index (χ3n) is 4.17. The van der Waals surface area contributed by atoms with Gasteiger partial charge < -0.3 is 30.0 Å². The van der Waals surface area contributed by atoms with E-state index in [4.69, 9.17) is 14.2 Å². The quantitative estimate of drug-likeness (QED) is 0.334. The van der Waals surface area contributed by atoms with Crippen LogP contribution in [0.25, 0.3) is 0 Å². The molecule has 3 N–H and O–H groups in total. The molecule has 0 amide bonds. The summed E-state index contributed by atoms with van der Waals surface area (Å²) in [7, 11) is 1.60. The first-order valence-corrected chi connectivity index (χ1v) is 9.26. The lowest BCUT2D eigenvalue weighted by atomic mass is 10.1. The zero-order chi connectivity index (χ0) is 18.6. The first kappa shape index (κ1) is 20.3. The fourth-order valence-corrected chi connectivity index (χ4v) is 2.67. The number of ether oxygens (including phenoxy) is 3. The molecule has 1 fully saturated rings. The van der Waals surface area contributed by atoms with Gasteiger partial charge in [-0.1, -0.05) is 0 Å². The molecule has 1 aliphatic rings. The van der Waals surface area contributed by atoms with Crippen molar-refractivity contribution in [2.75, 3.05) is 46.6 Å². The molecule has 7 nitrogen and oxygen atoms in total. The van der Waals surface area contributed by atoms with E-state index >= 15 is 0 Å². The van der Waals surface area contributed by atoms with E-state index in [1.54, 1.807) is 25.3 Å². The van der Waals surface area contributed by atoms with Crippen molar-refractivity contribution < 1.29 is 19.3 Å². The van der Waals surface area contributed by atoms with Gasteiger partial charge in [0, 0.05) is 37.8 Å². The van der Waals surface area contributed by atoms with Crippen LogP contribution in [0.15, 0.2) is 23.2 Å². The van der Waals surface area contributed by atoms with E-state index in [-0.39, 0.29) is 5.75 Å². The summed E-state index contributed by atoms with van der Waals surface area (Å²) in [4.78, 5) is 4.52. The molecule has 1 aromatic rings. The summed E-state index contributed by atoms with van der Waals surface area (Å²) >= 11 is 0. The third-order valence-corrected chi connectivity index (χ3v) is 4.17. The van der Waals surface area contributed by atoms with Crippen LogP contribution in [0.2, 0.25) is 0 Å². The maximum atomic E-state index is 9.95. The molecule has 0 aromatic heterocycles. The number of phenols is 1. The summed E-state index contributed by atoms with van der Waals surface area (Å²) < 4.78 is 16.2. The fraction of sp³-hybridized carbons (Fsp3) is 0.632. The first-order chi connectivity index (χ1) is 12.7. The van der Waals surface area contributed by atoms with Crippen molar-refractivity contribution >= 4 is 5.96 Å². The van der Waals surface area contributed by atoms with E-state index in [2.05, 4.69) is 15.6 Å². The first-order valence-electron chi connectivity index (χ1n) is 9.26. The lowest BCUT2D eigenvalue weighted by molar-refractivity contribution is 0.0888. The predicted molar refractivity (Wildman–Crippen MR) is 102 cm³/mol. The summed E-state index contributed by atoms with van der Waals surface area (Å²) in [5.74, 6) is 2.20. The van der Waals surface area contributed by atoms with Crippen LogP contribution in [-0.2, 0) is 16.0 Å². The minimum Gasteiger partial charge on any atom is -0.508 e. The minimum absolute atomic E-state index is 0.217. The number of phenolic OH excluding ortho intramolecular Hbond substituents is 1. The Hall–Kier alpha value is -1.99. The third kappa shape index (κ3) is 7.09. The van der Waals surface area contributed by atoms with Crippen LogP contribution in [0.3, 0.4) is 0 Å². The summed E-state index contributed by atoms with van der Waals surface area (Å²) in [6, 6.07) is 5.14. The van der Waals surface area contributed by atoms with Crippen LogP contribution in [0.4, 0.5) is 0 Å². The molecule has 0 bridgehead atoms. The highest BCUT2D eigenvalue weighted by atomic mass is 16.5. The van der Waals surface area contributed by atoms with Gasteiger partial charge in [-0.2, -0.15) is 0 Å². The number of guanidine groups is 1. The Morgan fingerprint density at radius 3 is 3.00 bits per heavy atom. The maximum absolute atomic E-state index is 9.95. The highest BCUT2D eigenvalue weighted by molar-refractivity contribution is 5.79. The van der Waals surface area contributed by atoms with Gasteiger partial charge >= 0.3 is 0 Å². The lowest BCUT2D eigenvalue weighted by Crippen LogP contribution is -2.38. The Morgan fingerprint density at radius 1 is 1.38 bits per heavy atom. The van der Waals surface area contributed by atoms with E-state index in [9.17, 15) is 5.11 Å². The van der Waals surface area contributed by atoms with Crippen molar-refractivity contribution in [1.29, 1.82) is 0 Å². The summed E-state index contributed by atoms with van der Waals surface area (Å²) in [6.07, 6.45) is 2.01. The molecule has 1 aromatic carbocycles. The minimum atomic E-state index is 0.217. The number of nitrogens with one attached hydrogen (secondary N) is 2. The van der Waals surface area contributed by atoms with Crippen LogP contribution in [0, 0.1) is 5.92 Å². The van der Waals surface area contributed by atoms with Gasteiger partial charge in [-0.3, -0.25) is 0 Å². The van der Waals surface area contributed by atoms with Gasteiger partial charge in [0.1, 0.15) is 11.5 Å². The molecule has 1 unspecified atom stereocenters. The van der Waals surface area contributed by atoms with Crippen molar-refractivity contribution in [2.45, 2.75) is 26.3 Å². The maximum Gasteiger partial charge on any atom is 0.191 e. The Labute approximate surface area is 155 Å². The highest BCUT2D eigenvalue weighted by Crippen LogP contribution is 2.23. The topological polar surface area (TPSA) is 84.3 Å². The Balaban J connectivity index is 1.72. The number of methoxy groups -OCH3 is 1. The molecule has 1 saturated heterocycles. The average molecular weight is 365 g/mol. The number of aromatic hydroxyl groups is 1. The largest absolute Gasteiger partial charge is 0.508 e. The van der Waals surface area contributed by atoms with Crippen molar-refractivity contribution in [3.05, 3.63) is 23.8 Å². The van der Waals surface area contributed by atoms with E-state index in [0.29, 0.717) is 18.2 Å². The molecular formula is C19H31N3O4. The molecule has 0 aliphatic carbocycles. The number of hydrogen-bond acceptors (Lipinski definition) is 5. The summed E-state index contributed by atoms with van der Waals surface area (Å²) in [5, 5.41) is 16.4. The van der Waals surface area contributed by atoms with E-state index in [0.717, 1.165) is 63.9 Å². The van der Waals surface area contributed by atoms with Gasteiger partial charge in [0.15, 0.2) is 5.96 Å². The summed E-state index contributed by atoms with van der Waals surface area (Å²) in [5.41, 5.74) is 0.726. The average Bonchev–Trinajstić information content (AvgIpc) is 3.17. The molecule has 26 heavy (non-hydrogen) atoms. The molecule has 146 valence electrons. The fourth-order valence-electron chi connectivity index (χ4n) is 2.67. The molecule has 0 spiro atoms. The molecule has 1 aliphatic heterocycles. The monoisotopic (exact) mass is 365 g/mol. The smallest absolute Gasteiger partial charge is 0.191 e. The zero-order valence-electron chi connectivity index (χ0n) is 15.8. The molecule has 1 atom stereocenters. The van der Waals surface area contributed by atoms with Gasteiger partial charge in [-0.15, -0.1) is 0 Å². The number of benzene rings is 1. The van der Waals surface area contributed by atoms with E-state index < -0.39 is 0 Å². The molecule has 2 rings (SSSR count). The van der Waals surface area contributed by atoms with Crippen LogP contribution in [0.5, 0.6) is 11.5 Å². The van der Waals surface area contributed by atoms with Crippen LogP contribution < -0.4 is 15.4 Å². The van der Waals surface area contributed by atoms with Gasteiger partial charge in [0.05, 0.1) is 26.9 Å². The molecular weight excluding hydrogens is 334 g/mol. The standard InChI is InChI=1S/C19H31N3O4/c1-3-20-19(21-8-4-9-25-13-15-7-10-26-14-15)22-12-16-11-17(24-2)5-6-18(16)23/h5-6,11,15,23H,3-4,7-10,12-14H2,1-2H3,(H2,20,21,22). The van der Waals surface area contributed by atoms with Crippen molar-refractivity contribution in [2.24, 2.45) is 10.9 Å². The number of nitrogens with zero attached hydrogens (tertiary/aromatic N) is 1. The van der Waals surface area contributed by atoms with Gasteiger partial charge in [0.25, 0.3) is 0 Å². The molecule has 1 heterocycles. The zero-order valence-corrected chi connectivity index (χ0v) is 15.8. The van der Waals surface area contributed by atoms with E-state index in [1.807, 2.05) is 6.92 Å². The van der Waals surface area contributed by atoms with Crippen molar-refractivity contribution in [3.63, 3.8) is 0 Å². The second-order valence-electron chi connectivity index (χ2n) is 6.27. The number of rotatable bonds is 10. The van der Waals surface area contributed by atoms with Gasteiger partial charge in [-0.25, -0.2) is 4.99 Å². The molecule has 7 heteroatoms. The molecule has 0 radical (unpaired) electrons. The van der Waals surface area contributed by atoms with Gasteiger partial charge in [-0.05, 0) is 38.0 Å². The van der Waals surface area contributed by atoms with E-state index in [1.165, 1.54) is 0 Å². The van der Waals surface area contributed by atoms with Gasteiger partial charge in [0.2, 0.25) is 0 Å². The molecule has 0 saturated carbocycles. The normalized spacial score (nSPS) is 17.3. The summed E-state index contributed by atoms with van der Waals surface area (Å²) in [6.45, 7) is 7.13. The Kier molecular flexibility index (Phi) is 9.06. The number of hydrogen-bond donors (Lipinski definition) is 3. The predicted octanol–water partition coefficient (Wildman–Crippen LogP) is 1.90. The van der Waals surface area contributed by atoms with Crippen LogP contribution in [0.1, 0.15) is 25.3 Å². The second-order valence-corrected chi connectivity index (χ2v) is 6.27. The van der Waals surface area contributed by atoms with Crippen LogP contribution >= 0.6 is 0 Å². The number of aliphatic imine (C=N–C) groups is 1. The Morgan fingerprint density at radius 2 is 2.27 bits per heavy atom. The van der Waals surface area contributed by atoms with Crippen molar-refractivity contribution in [3.8, 4) is 11.5 Å². The SMILES string of the molecule is CCNC(=NCc1cc(OC)ccc1O)NCCCOCC1CCOC1. The van der Waals surface area contributed by atoms with Crippen LogP contribution in [-0.4, -0.2) is 57.7 Å². The second kappa shape index (κ2) is 11.6.